The molecule has 0 aromatic rings. The highest BCUT2D eigenvalue weighted by Gasteiger charge is 2.41. The first kappa shape index (κ1) is 19.0. The number of rotatable bonds is 10. The van der Waals surface area contributed by atoms with Crippen LogP contribution < -0.4 is 0 Å². The van der Waals surface area contributed by atoms with Gasteiger partial charge >= 0.3 is 5.97 Å². The lowest BCUT2D eigenvalue weighted by atomic mass is 9.73. The molecule has 7 nitrogen and oxygen atoms in total. The zero-order chi connectivity index (χ0) is 15.8. The zero-order valence-corrected chi connectivity index (χ0v) is 11.7. The predicted molar refractivity (Wildman–Crippen MR) is 70.7 cm³/mol. The molecule has 0 bridgehead atoms. The lowest BCUT2D eigenvalue weighted by molar-refractivity contribution is -0.148. The van der Waals surface area contributed by atoms with Gasteiger partial charge in [0.05, 0.1) is 38.4 Å². The molecular formula is C13H24O7. The highest BCUT2D eigenvalue weighted by atomic mass is 16.5. The molecule has 0 atom stereocenters. The fraction of sp³-hybridized carbons (Fsp3) is 0.769. The molecule has 0 spiro atoms. The van der Waals surface area contributed by atoms with E-state index in [2.05, 4.69) is 6.58 Å². The fourth-order valence-corrected chi connectivity index (χ4v) is 1.76. The second-order valence-corrected chi connectivity index (χ2v) is 5.32. The van der Waals surface area contributed by atoms with Crippen molar-refractivity contribution in [1.29, 1.82) is 0 Å². The van der Waals surface area contributed by atoms with Crippen LogP contribution >= 0.6 is 0 Å². The molecule has 0 aromatic heterocycles. The number of hydrogen-bond donors (Lipinski definition) is 5. The Morgan fingerprint density at radius 1 is 0.950 bits per heavy atom. The number of carbonyl (C=O) groups excluding carboxylic acids is 1. The van der Waals surface area contributed by atoms with Crippen LogP contribution in [-0.2, 0) is 9.53 Å². The van der Waals surface area contributed by atoms with E-state index in [0.29, 0.717) is 0 Å². The number of aliphatic hydroxyl groups is 5. The highest BCUT2D eigenvalue weighted by molar-refractivity contribution is 5.86. The Labute approximate surface area is 118 Å². The third-order valence-corrected chi connectivity index (χ3v) is 3.28. The van der Waals surface area contributed by atoms with Gasteiger partial charge in [-0.2, -0.15) is 0 Å². The molecule has 0 aliphatic rings. The van der Waals surface area contributed by atoms with Crippen LogP contribution in [0.1, 0.15) is 13.3 Å². The molecule has 0 fully saturated rings. The van der Waals surface area contributed by atoms with Gasteiger partial charge < -0.3 is 30.3 Å². The second kappa shape index (κ2) is 8.33. The molecule has 0 aliphatic carbocycles. The topological polar surface area (TPSA) is 127 Å². The lowest BCUT2D eigenvalue weighted by Crippen LogP contribution is -2.46. The monoisotopic (exact) mass is 292 g/mol. The lowest BCUT2D eigenvalue weighted by Gasteiger charge is -2.38. The molecule has 7 heteroatoms. The Kier molecular flexibility index (Phi) is 7.92. The highest BCUT2D eigenvalue weighted by Crippen LogP contribution is 2.34. The van der Waals surface area contributed by atoms with Crippen molar-refractivity contribution < 1.29 is 35.1 Å². The molecule has 0 amide bonds. The van der Waals surface area contributed by atoms with Gasteiger partial charge in [0.15, 0.2) is 0 Å². The van der Waals surface area contributed by atoms with Crippen molar-refractivity contribution >= 4 is 5.97 Å². The minimum Gasteiger partial charge on any atom is -0.462 e. The average molecular weight is 292 g/mol. The van der Waals surface area contributed by atoms with E-state index in [1.807, 2.05) is 0 Å². The molecule has 0 heterocycles. The Hall–Kier alpha value is -0.990. The minimum atomic E-state index is -1.28. The molecule has 0 saturated carbocycles. The van der Waals surface area contributed by atoms with E-state index in [-0.39, 0.29) is 18.6 Å². The maximum atomic E-state index is 11.4. The summed E-state index contributed by atoms with van der Waals surface area (Å²) in [6.45, 7) is 1.90. The first-order valence-corrected chi connectivity index (χ1v) is 6.21. The van der Waals surface area contributed by atoms with Gasteiger partial charge in [0, 0.05) is 11.0 Å². The van der Waals surface area contributed by atoms with E-state index in [0.717, 1.165) is 0 Å². The van der Waals surface area contributed by atoms with Crippen molar-refractivity contribution in [2.24, 2.45) is 10.8 Å². The number of aliphatic hydroxyl groups excluding tert-OH is 5. The summed E-state index contributed by atoms with van der Waals surface area (Å²) in [6, 6.07) is 0. The maximum absolute atomic E-state index is 11.4. The smallest absolute Gasteiger partial charge is 0.333 e. The van der Waals surface area contributed by atoms with E-state index < -0.39 is 49.8 Å². The zero-order valence-electron chi connectivity index (χ0n) is 11.7. The second-order valence-electron chi connectivity index (χ2n) is 5.32. The van der Waals surface area contributed by atoms with E-state index in [1.54, 1.807) is 0 Å². The van der Waals surface area contributed by atoms with Gasteiger partial charge in [0.25, 0.3) is 0 Å². The summed E-state index contributed by atoms with van der Waals surface area (Å²) in [5.74, 6) is -0.668. The van der Waals surface area contributed by atoms with Crippen LogP contribution in [0.25, 0.3) is 0 Å². The van der Waals surface area contributed by atoms with Gasteiger partial charge in [0.1, 0.15) is 6.61 Å². The quantitative estimate of drug-likeness (QED) is 0.243. The summed E-state index contributed by atoms with van der Waals surface area (Å²) in [5, 5.41) is 46.8. The molecular weight excluding hydrogens is 268 g/mol. The molecule has 5 N–H and O–H groups in total. The SMILES string of the molecule is C=C(C)C(=O)OCC(CO)(CO)CC(CO)(CO)CO. The minimum absolute atomic E-state index is 0.111. The maximum Gasteiger partial charge on any atom is 0.333 e. The van der Waals surface area contributed by atoms with Crippen LogP contribution in [0.3, 0.4) is 0 Å². The number of esters is 1. The third kappa shape index (κ3) is 4.84. The Bertz CT molecular complexity index is 310. The van der Waals surface area contributed by atoms with Crippen molar-refractivity contribution in [3.63, 3.8) is 0 Å². The van der Waals surface area contributed by atoms with Gasteiger partial charge in [-0.05, 0) is 13.3 Å². The van der Waals surface area contributed by atoms with Crippen LogP contribution in [0.2, 0.25) is 0 Å². The van der Waals surface area contributed by atoms with E-state index in [9.17, 15) is 30.3 Å². The third-order valence-electron chi connectivity index (χ3n) is 3.28. The van der Waals surface area contributed by atoms with Crippen LogP contribution in [0, 0.1) is 10.8 Å². The normalized spacial score (nSPS) is 12.3. The predicted octanol–water partition coefficient (Wildman–Crippen LogP) is -1.57. The van der Waals surface area contributed by atoms with Crippen LogP contribution in [-0.4, -0.2) is 71.1 Å². The van der Waals surface area contributed by atoms with Crippen molar-refractivity contribution in [2.45, 2.75) is 13.3 Å². The molecule has 0 saturated heterocycles. The largest absolute Gasteiger partial charge is 0.462 e. The van der Waals surface area contributed by atoms with Crippen molar-refractivity contribution in [3.05, 3.63) is 12.2 Å². The number of carbonyl (C=O) groups is 1. The van der Waals surface area contributed by atoms with Gasteiger partial charge in [-0.3, -0.25) is 0 Å². The van der Waals surface area contributed by atoms with Crippen LogP contribution in [0.5, 0.6) is 0 Å². The molecule has 0 rings (SSSR count). The van der Waals surface area contributed by atoms with Crippen molar-refractivity contribution in [2.75, 3.05) is 39.6 Å². The standard InChI is InChI=1S/C13H24O7/c1-10(2)11(19)20-9-13(7-17,8-18)3-12(4-14,5-15)6-16/h14-18H,1,3-9H2,2H3. The van der Waals surface area contributed by atoms with E-state index in [1.165, 1.54) is 6.92 Å². The Morgan fingerprint density at radius 3 is 1.65 bits per heavy atom. The molecule has 0 radical (unpaired) electrons. The van der Waals surface area contributed by atoms with Gasteiger partial charge in [-0.25, -0.2) is 4.79 Å². The average Bonchev–Trinajstić information content (AvgIpc) is 2.48. The van der Waals surface area contributed by atoms with Crippen molar-refractivity contribution in [1.82, 2.24) is 0 Å². The van der Waals surface area contributed by atoms with Gasteiger partial charge in [-0.15, -0.1) is 0 Å². The molecule has 0 unspecified atom stereocenters. The van der Waals surface area contributed by atoms with Gasteiger partial charge in [0.2, 0.25) is 0 Å². The Balaban J connectivity index is 5.00. The summed E-state index contributed by atoms with van der Waals surface area (Å²) < 4.78 is 4.93. The molecule has 20 heavy (non-hydrogen) atoms. The summed E-state index contributed by atoms with van der Waals surface area (Å²) in [7, 11) is 0. The summed E-state index contributed by atoms with van der Waals surface area (Å²) in [4.78, 5) is 11.4. The summed E-state index contributed by atoms with van der Waals surface area (Å²) in [5.41, 5.74) is -2.37. The molecule has 118 valence electrons. The molecule has 0 aromatic carbocycles. The number of ether oxygens (including phenoxy) is 1. The van der Waals surface area contributed by atoms with E-state index >= 15 is 0 Å². The summed E-state index contributed by atoms with van der Waals surface area (Å²) in [6.07, 6.45) is -0.111. The van der Waals surface area contributed by atoms with E-state index in [4.69, 9.17) is 4.74 Å². The molecule has 0 aliphatic heterocycles. The first-order valence-electron chi connectivity index (χ1n) is 6.21. The van der Waals surface area contributed by atoms with Crippen LogP contribution in [0.15, 0.2) is 12.2 Å². The van der Waals surface area contributed by atoms with Gasteiger partial charge in [-0.1, -0.05) is 6.58 Å². The van der Waals surface area contributed by atoms with Crippen molar-refractivity contribution in [3.8, 4) is 0 Å². The summed E-state index contributed by atoms with van der Waals surface area (Å²) >= 11 is 0. The van der Waals surface area contributed by atoms with Crippen LogP contribution in [0.4, 0.5) is 0 Å². The fourth-order valence-electron chi connectivity index (χ4n) is 1.76. The number of hydrogen-bond acceptors (Lipinski definition) is 7. The first-order chi connectivity index (χ1) is 9.34. The Morgan fingerprint density at radius 2 is 1.35 bits per heavy atom.